The lowest BCUT2D eigenvalue weighted by Gasteiger charge is -2.35. The third-order valence-electron chi connectivity index (χ3n) is 3.16. The molecule has 0 aliphatic carbocycles. The maximum atomic E-state index is 12.6. The Labute approximate surface area is 123 Å². The Balaban J connectivity index is 0.00000200. The average Bonchev–Trinajstić information content (AvgIpc) is 2.31. The number of halogens is 4. The van der Waals surface area contributed by atoms with Crippen LogP contribution < -0.4 is 5.32 Å². The molecule has 0 aromatic heterocycles. The number of hydrogen-bond donors (Lipinski definition) is 1. The molecule has 1 atom stereocenters. The van der Waals surface area contributed by atoms with Gasteiger partial charge in [0, 0.05) is 18.4 Å². The standard InChI is InChI=1S/C14H18F3NO.ClH/c1-13(2)8-18-12(19-9-13)7-10-4-3-5-11(6-10)14(15,16)17;/h3-6,12,18H,7-9H2,1-2H3;1H. The lowest BCUT2D eigenvalue weighted by molar-refractivity contribution is -0.137. The molecule has 114 valence electrons. The first-order chi connectivity index (χ1) is 8.76. The molecule has 0 radical (unpaired) electrons. The van der Waals surface area contributed by atoms with E-state index in [4.69, 9.17) is 4.74 Å². The van der Waals surface area contributed by atoms with Gasteiger partial charge in [-0.1, -0.05) is 32.0 Å². The van der Waals surface area contributed by atoms with Crippen molar-refractivity contribution in [3.8, 4) is 0 Å². The zero-order valence-corrected chi connectivity index (χ0v) is 12.3. The quantitative estimate of drug-likeness (QED) is 0.900. The molecule has 0 bridgehead atoms. The van der Waals surface area contributed by atoms with Gasteiger partial charge in [-0.3, -0.25) is 5.32 Å². The molecule has 6 heteroatoms. The highest BCUT2D eigenvalue weighted by Gasteiger charge is 2.31. The average molecular weight is 310 g/mol. The predicted octanol–water partition coefficient (Wildman–Crippen LogP) is 3.64. The summed E-state index contributed by atoms with van der Waals surface area (Å²) < 4.78 is 43.4. The molecule has 1 unspecified atom stereocenters. The van der Waals surface area contributed by atoms with Gasteiger partial charge in [0.25, 0.3) is 0 Å². The third kappa shape index (κ3) is 4.65. The van der Waals surface area contributed by atoms with Crippen molar-refractivity contribution in [2.75, 3.05) is 13.2 Å². The van der Waals surface area contributed by atoms with E-state index >= 15 is 0 Å². The zero-order valence-electron chi connectivity index (χ0n) is 11.5. The molecule has 2 nitrogen and oxygen atoms in total. The van der Waals surface area contributed by atoms with Gasteiger partial charge in [0.2, 0.25) is 0 Å². The molecule has 0 amide bonds. The first-order valence-corrected chi connectivity index (χ1v) is 6.27. The van der Waals surface area contributed by atoms with Gasteiger partial charge in [-0.05, 0) is 11.6 Å². The highest BCUT2D eigenvalue weighted by Crippen LogP contribution is 2.30. The molecular formula is C14H19ClF3NO. The number of nitrogens with one attached hydrogen (secondary N) is 1. The van der Waals surface area contributed by atoms with Gasteiger partial charge in [-0.25, -0.2) is 0 Å². The smallest absolute Gasteiger partial charge is 0.362 e. The SMILES string of the molecule is CC1(C)CNC(Cc2cccc(C(F)(F)F)c2)OC1.Cl. The minimum absolute atomic E-state index is 0. The second-order valence-corrected chi connectivity index (χ2v) is 5.75. The first kappa shape index (κ1) is 17.3. The van der Waals surface area contributed by atoms with E-state index in [2.05, 4.69) is 19.2 Å². The molecule has 0 saturated carbocycles. The van der Waals surface area contributed by atoms with Crippen LogP contribution in [-0.2, 0) is 17.3 Å². The van der Waals surface area contributed by atoms with E-state index in [1.165, 1.54) is 12.1 Å². The van der Waals surface area contributed by atoms with Crippen molar-refractivity contribution in [3.05, 3.63) is 35.4 Å². The van der Waals surface area contributed by atoms with Gasteiger partial charge < -0.3 is 4.74 Å². The van der Waals surface area contributed by atoms with E-state index in [9.17, 15) is 13.2 Å². The van der Waals surface area contributed by atoms with E-state index in [0.29, 0.717) is 18.6 Å². The van der Waals surface area contributed by atoms with Gasteiger partial charge in [0.05, 0.1) is 12.2 Å². The van der Waals surface area contributed by atoms with Crippen LogP contribution in [0.15, 0.2) is 24.3 Å². The summed E-state index contributed by atoms with van der Waals surface area (Å²) in [6.45, 7) is 5.58. The monoisotopic (exact) mass is 309 g/mol. The largest absolute Gasteiger partial charge is 0.416 e. The number of rotatable bonds is 2. The number of ether oxygens (including phenoxy) is 1. The molecule has 1 aliphatic rings. The lowest BCUT2D eigenvalue weighted by atomic mass is 9.93. The molecule has 1 aromatic rings. The molecule has 1 heterocycles. The van der Waals surface area contributed by atoms with E-state index in [1.54, 1.807) is 6.07 Å². The minimum Gasteiger partial charge on any atom is -0.362 e. The van der Waals surface area contributed by atoms with Crippen molar-refractivity contribution in [2.45, 2.75) is 32.7 Å². The Morgan fingerprint density at radius 1 is 1.35 bits per heavy atom. The fourth-order valence-corrected chi connectivity index (χ4v) is 2.05. The Hall–Kier alpha value is -0.780. The topological polar surface area (TPSA) is 21.3 Å². The Morgan fingerprint density at radius 2 is 2.05 bits per heavy atom. The van der Waals surface area contributed by atoms with Crippen LogP contribution in [0.2, 0.25) is 0 Å². The minimum atomic E-state index is -4.29. The fourth-order valence-electron chi connectivity index (χ4n) is 2.05. The molecule has 1 aromatic carbocycles. The van der Waals surface area contributed by atoms with Crippen LogP contribution in [-0.4, -0.2) is 19.4 Å². The molecule has 2 rings (SSSR count). The predicted molar refractivity (Wildman–Crippen MR) is 73.9 cm³/mol. The van der Waals surface area contributed by atoms with Crippen molar-refractivity contribution in [2.24, 2.45) is 5.41 Å². The Morgan fingerprint density at radius 3 is 2.60 bits per heavy atom. The molecule has 1 saturated heterocycles. The highest BCUT2D eigenvalue weighted by atomic mass is 35.5. The van der Waals surface area contributed by atoms with Crippen LogP contribution in [0.4, 0.5) is 13.2 Å². The molecule has 0 spiro atoms. The number of hydrogen-bond acceptors (Lipinski definition) is 2. The summed E-state index contributed by atoms with van der Waals surface area (Å²) >= 11 is 0. The maximum Gasteiger partial charge on any atom is 0.416 e. The van der Waals surface area contributed by atoms with Gasteiger partial charge in [-0.2, -0.15) is 13.2 Å². The van der Waals surface area contributed by atoms with Crippen molar-refractivity contribution < 1.29 is 17.9 Å². The summed E-state index contributed by atoms with van der Waals surface area (Å²) in [5.74, 6) is 0. The summed E-state index contributed by atoms with van der Waals surface area (Å²) in [5, 5.41) is 3.21. The number of benzene rings is 1. The van der Waals surface area contributed by atoms with Gasteiger partial charge >= 0.3 is 6.18 Å². The third-order valence-corrected chi connectivity index (χ3v) is 3.16. The number of alkyl halides is 3. The Bertz CT molecular complexity index is 438. The van der Waals surface area contributed by atoms with E-state index in [0.717, 1.165) is 12.6 Å². The van der Waals surface area contributed by atoms with Gasteiger partial charge in [0.15, 0.2) is 0 Å². The van der Waals surface area contributed by atoms with Crippen molar-refractivity contribution in [1.29, 1.82) is 0 Å². The highest BCUT2D eigenvalue weighted by molar-refractivity contribution is 5.85. The molecular weight excluding hydrogens is 291 g/mol. The van der Waals surface area contributed by atoms with E-state index < -0.39 is 11.7 Å². The second kappa shape index (κ2) is 6.33. The summed E-state index contributed by atoms with van der Waals surface area (Å²) in [5.41, 5.74) is 0.0952. The van der Waals surface area contributed by atoms with Gasteiger partial charge in [0.1, 0.15) is 6.23 Å². The second-order valence-electron chi connectivity index (χ2n) is 5.75. The molecule has 1 aliphatic heterocycles. The van der Waals surface area contributed by atoms with E-state index in [-0.39, 0.29) is 24.0 Å². The van der Waals surface area contributed by atoms with Crippen molar-refractivity contribution in [1.82, 2.24) is 5.32 Å². The fraction of sp³-hybridized carbons (Fsp3) is 0.571. The van der Waals surface area contributed by atoms with Crippen molar-refractivity contribution >= 4 is 12.4 Å². The molecule has 1 fully saturated rings. The lowest BCUT2D eigenvalue weighted by Crippen LogP contribution is -2.48. The van der Waals surface area contributed by atoms with Crippen molar-refractivity contribution in [3.63, 3.8) is 0 Å². The van der Waals surface area contributed by atoms with Crippen LogP contribution in [0.1, 0.15) is 25.0 Å². The van der Waals surface area contributed by atoms with Crippen LogP contribution >= 0.6 is 12.4 Å². The zero-order chi connectivity index (χ0) is 14.1. The molecule has 20 heavy (non-hydrogen) atoms. The van der Waals surface area contributed by atoms with Crippen LogP contribution in [0, 0.1) is 5.41 Å². The Kier molecular flexibility index (Phi) is 5.46. The first-order valence-electron chi connectivity index (χ1n) is 6.27. The molecule has 1 N–H and O–H groups in total. The maximum absolute atomic E-state index is 12.6. The summed E-state index contributed by atoms with van der Waals surface area (Å²) in [6, 6.07) is 5.40. The van der Waals surface area contributed by atoms with E-state index in [1.807, 2.05) is 0 Å². The van der Waals surface area contributed by atoms with Crippen LogP contribution in [0.5, 0.6) is 0 Å². The normalized spacial score (nSPS) is 22.1. The summed E-state index contributed by atoms with van der Waals surface area (Å²) in [6.07, 6.45) is -4.06. The van der Waals surface area contributed by atoms with Crippen LogP contribution in [0.3, 0.4) is 0 Å². The van der Waals surface area contributed by atoms with Crippen LogP contribution in [0.25, 0.3) is 0 Å². The van der Waals surface area contributed by atoms with Gasteiger partial charge in [-0.15, -0.1) is 12.4 Å². The summed E-state index contributed by atoms with van der Waals surface area (Å²) in [4.78, 5) is 0. The summed E-state index contributed by atoms with van der Waals surface area (Å²) in [7, 11) is 0.